The van der Waals surface area contributed by atoms with Crippen LogP contribution in [-0.2, 0) is 4.74 Å². The number of fused-ring (bicyclic) bond motifs is 1. The maximum Gasteiger partial charge on any atom is 0.251 e. The Balaban J connectivity index is 1.56. The summed E-state index contributed by atoms with van der Waals surface area (Å²) in [6.45, 7) is 4.89. The second-order valence-corrected chi connectivity index (χ2v) is 9.53. The van der Waals surface area contributed by atoms with Crippen molar-refractivity contribution in [2.45, 2.75) is 18.9 Å². The molecule has 0 spiro atoms. The molecule has 1 amide bonds. The molecule has 2 saturated heterocycles. The highest BCUT2D eigenvalue weighted by atomic mass is 19.1. The van der Waals surface area contributed by atoms with Crippen molar-refractivity contribution >= 4 is 28.4 Å². The summed E-state index contributed by atoms with van der Waals surface area (Å²) >= 11 is 0. The Labute approximate surface area is 210 Å². The molecule has 2 fully saturated rings. The fourth-order valence-corrected chi connectivity index (χ4v) is 4.91. The largest absolute Gasteiger partial charge is 0.378 e. The number of hydrogen-bond donors (Lipinski definition) is 1. The van der Waals surface area contributed by atoms with Crippen LogP contribution in [0.25, 0.3) is 11.0 Å². The minimum absolute atomic E-state index is 0.0696. The number of rotatable bonds is 7. The van der Waals surface area contributed by atoms with Gasteiger partial charge in [-0.2, -0.15) is 0 Å². The van der Waals surface area contributed by atoms with Gasteiger partial charge in [0.15, 0.2) is 0 Å². The fourth-order valence-electron chi connectivity index (χ4n) is 4.91. The van der Waals surface area contributed by atoms with Gasteiger partial charge in [0.2, 0.25) is 0 Å². The van der Waals surface area contributed by atoms with E-state index in [-0.39, 0.29) is 17.8 Å². The molecule has 0 aliphatic carbocycles. The number of halogens is 1. The monoisotopic (exact) mass is 493 g/mol. The SMILES string of the molecule is CN(C)CCNC(=O)c1cc(C2CCCN2c2cncc(F)c2)c2nc(N3CCOCC3)cnc2c1. The Kier molecular flexibility index (Phi) is 7.24. The highest BCUT2D eigenvalue weighted by Crippen LogP contribution is 2.39. The Morgan fingerprint density at radius 2 is 2.00 bits per heavy atom. The number of morpholine rings is 1. The number of nitrogens with one attached hydrogen (secondary N) is 1. The van der Waals surface area contributed by atoms with Crippen molar-refractivity contribution in [3.63, 3.8) is 0 Å². The number of likely N-dealkylation sites (N-methyl/N-ethyl adjacent to an activating group) is 1. The van der Waals surface area contributed by atoms with Crippen LogP contribution in [0.4, 0.5) is 15.9 Å². The maximum absolute atomic E-state index is 14.0. The summed E-state index contributed by atoms with van der Waals surface area (Å²) in [5.41, 5.74) is 3.64. The summed E-state index contributed by atoms with van der Waals surface area (Å²) < 4.78 is 19.5. The topological polar surface area (TPSA) is 86.7 Å². The van der Waals surface area contributed by atoms with Crippen LogP contribution in [0.1, 0.15) is 34.8 Å². The van der Waals surface area contributed by atoms with E-state index in [1.54, 1.807) is 12.4 Å². The number of benzene rings is 1. The molecule has 9 nitrogen and oxygen atoms in total. The van der Waals surface area contributed by atoms with Crippen molar-refractivity contribution in [2.75, 3.05) is 69.8 Å². The van der Waals surface area contributed by atoms with Gasteiger partial charge in [0.1, 0.15) is 11.6 Å². The molecular weight excluding hydrogens is 461 g/mol. The van der Waals surface area contributed by atoms with E-state index in [0.717, 1.165) is 61.6 Å². The molecule has 4 heterocycles. The molecule has 2 aromatic heterocycles. The molecule has 190 valence electrons. The van der Waals surface area contributed by atoms with E-state index in [2.05, 4.69) is 20.1 Å². The number of pyridine rings is 1. The number of anilines is 2. The van der Waals surface area contributed by atoms with E-state index < -0.39 is 0 Å². The summed E-state index contributed by atoms with van der Waals surface area (Å²) in [6.07, 6.45) is 6.47. The van der Waals surface area contributed by atoms with E-state index in [9.17, 15) is 9.18 Å². The first-order valence-corrected chi connectivity index (χ1v) is 12.4. The van der Waals surface area contributed by atoms with Crippen LogP contribution in [0.2, 0.25) is 0 Å². The predicted octanol–water partition coefficient (Wildman–Crippen LogP) is 2.63. The van der Waals surface area contributed by atoms with Gasteiger partial charge < -0.3 is 24.8 Å². The first kappa shape index (κ1) is 24.3. The molecule has 2 aliphatic heterocycles. The number of amides is 1. The van der Waals surface area contributed by atoms with Crippen molar-refractivity contribution in [3.05, 3.63) is 53.7 Å². The standard InChI is InChI=1S/C26H32FN7O2/c1-32(2)7-5-29-26(35)18-12-21(23-4-3-6-34(23)20-14-19(27)15-28-16-20)25-22(13-18)30-17-24(31-25)33-8-10-36-11-9-33/h12-17,23H,3-11H2,1-2H3,(H,29,35). The molecule has 2 aliphatic rings. The second kappa shape index (κ2) is 10.7. The van der Waals surface area contributed by atoms with Gasteiger partial charge in [0.25, 0.3) is 5.91 Å². The molecule has 3 aromatic rings. The molecule has 36 heavy (non-hydrogen) atoms. The lowest BCUT2D eigenvalue weighted by Crippen LogP contribution is -2.36. The van der Waals surface area contributed by atoms with Gasteiger partial charge in [0.05, 0.1) is 54.6 Å². The van der Waals surface area contributed by atoms with Crippen molar-refractivity contribution in [3.8, 4) is 0 Å². The maximum atomic E-state index is 14.0. The number of nitrogens with zero attached hydrogens (tertiary/aromatic N) is 6. The fraction of sp³-hybridized carbons (Fsp3) is 0.462. The number of carbonyl (C=O) groups excluding carboxylic acids is 1. The van der Waals surface area contributed by atoms with E-state index in [1.807, 2.05) is 31.1 Å². The number of aromatic nitrogens is 3. The van der Waals surface area contributed by atoms with Crippen LogP contribution < -0.4 is 15.1 Å². The Morgan fingerprint density at radius 3 is 2.78 bits per heavy atom. The van der Waals surface area contributed by atoms with Crippen molar-refractivity contribution in [2.24, 2.45) is 0 Å². The molecule has 1 atom stereocenters. The van der Waals surface area contributed by atoms with Crippen molar-refractivity contribution < 1.29 is 13.9 Å². The van der Waals surface area contributed by atoms with Gasteiger partial charge in [-0.05, 0) is 39.1 Å². The number of ether oxygens (including phenoxy) is 1. The first-order chi connectivity index (χ1) is 17.5. The highest BCUT2D eigenvalue weighted by molar-refractivity contribution is 5.98. The third kappa shape index (κ3) is 5.24. The van der Waals surface area contributed by atoms with E-state index in [4.69, 9.17) is 14.7 Å². The van der Waals surface area contributed by atoms with Crippen LogP contribution in [0, 0.1) is 5.82 Å². The molecule has 1 N–H and O–H groups in total. The molecule has 0 radical (unpaired) electrons. The smallest absolute Gasteiger partial charge is 0.251 e. The van der Waals surface area contributed by atoms with Gasteiger partial charge in [-0.1, -0.05) is 0 Å². The zero-order chi connectivity index (χ0) is 25.1. The Bertz CT molecular complexity index is 1230. The van der Waals surface area contributed by atoms with E-state index in [1.165, 1.54) is 12.3 Å². The molecule has 0 saturated carbocycles. The highest BCUT2D eigenvalue weighted by Gasteiger charge is 2.30. The molecule has 0 bridgehead atoms. The zero-order valence-corrected chi connectivity index (χ0v) is 20.8. The van der Waals surface area contributed by atoms with Gasteiger partial charge in [-0.15, -0.1) is 0 Å². The van der Waals surface area contributed by atoms with Gasteiger partial charge in [0, 0.05) is 49.9 Å². The average Bonchev–Trinajstić information content (AvgIpc) is 3.38. The summed E-state index contributed by atoms with van der Waals surface area (Å²) in [5, 5.41) is 3.00. The molecule has 5 rings (SSSR count). The number of carbonyl (C=O) groups is 1. The van der Waals surface area contributed by atoms with Crippen LogP contribution in [0.5, 0.6) is 0 Å². The average molecular weight is 494 g/mol. The van der Waals surface area contributed by atoms with Crippen LogP contribution in [-0.4, -0.2) is 85.8 Å². The quantitative estimate of drug-likeness (QED) is 0.538. The van der Waals surface area contributed by atoms with Crippen LogP contribution in [0.3, 0.4) is 0 Å². The zero-order valence-electron chi connectivity index (χ0n) is 20.8. The molecular formula is C26H32FN7O2. The predicted molar refractivity (Wildman–Crippen MR) is 137 cm³/mol. The van der Waals surface area contributed by atoms with Crippen LogP contribution >= 0.6 is 0 Å². The third-order valence-electron chi connectivity index (χ3n) is 6.74. The first-order valence-electron chi connectivity index (χ1n) is 12.4. The molecule has 10 heteroatoms. The number of hydrogen-bond acceptors (Lipinski definition) is 8. The molecule has 1 aromatic carbocycles. The Morgan fingerprint density at radius 1 is 1.17 bits per heavy atom. The third-order valence-corrected chi connectivity index (χ3v) is 6.74. The van der Waals surface area contributed by atoms with Crippen molar-refractivity contribution in [1.82, 2.24) is 25.2 Å². The van der Waals surface area contributed by atoms with E-state index in [0.29, 0.717) is 30.8 Å². The van der Waals surface area contributed by atoms with Gasteiger partial charge >= 0.3 is 0 Å². The van der Waals surface area contributed by atoms with Gasteiger partial charge in [-0.3, -0.25) is 14.8 Å². The van der Waals surface area contributed by atoms with E-state index >= 15 is 0 Å². The van der Waals surface area contributed by atoms with Crippen LogP contribution in [0.15, 0.2) is 36.8 Å². The Hall–Kier alpha value is -3.37. The molecule has 1 unspecified atom stereocenters. The summed E-state index contributed by atoms with van der Waals surface area (Å²) in [6, 6.07) is 5.18. The lowest BCUT2D eigenvalue weighted by atomic mass is 9.98. The second-order valence-electron chi connectivity index (χ2n) is 9.53. The summed E-state index contributed by atoms with van der Waals surface area (Å²) in [7, 11) is 3.94. The van der Waals surface area contributed by atoms with Gasteiger partial charge in [-0.25, -0.2) is 9.37 Å². The lowest BCUT2D eigenvalue weighted by molar-refractivity contribution is 0.0951. The summed E-state index contributed by atoms with van der Waals surface area (Å²) in [4.78, 5) is 33.2. The minimum Gasteiger partial charge on any atom is -0.378 e. The normalized spacial score (nSPS) is 18.3. The van der Waals surface area contributed by atoms with Crippen molar-refractivity contribution in [1.29, 1.82) is 0 Å². The lowest BCUT2D eigenvalue weighted by Gasteiger charge is -2.29. The minimum atomic E-state index is -0.369. The summed E-state index contributed by atoms with van der Waals surface area (Å²) in [5.74, 6) is 0.287.